The Labute approximate surface area is 109 Å². The third-order valence-electron chi connectivity index (χ3n) is 4.33. The molecule has 1 saturated heterocycles. The molecule has 2 rings (SSSR count). The molecule has 2 fully saturated rings. The van der Waals surface area contributed by atoms with Crippen molar-refractivity contribution in [1.29, 1.82) is 0 Å². The number of methoxy groups -OCH3 is 1. The number of carbonyl (C=O) groups excluding carboxylic acids is 1. The molecule has 0 amide bonds. The van der Waals surface area contributed by atoms with E-state index in [1.807, 2.05) is 0 Å². The largest absolute Gasteiger partial charge is 0.468 e. The summed E-state index contributed by atoms with van der Waals surface area (Å²) < 4.78 is 4.90. The van der Waals surface area contributed by atoms with E-state index in [1.54, 1.807) is 0 Å². The molecule has 0 aromatic heterocycles. The van der Waals surface area contributed by atoms with Gasteiger partial charge in [-0.2, -0.15) is 0 Å². The van der Waals surface area contributed by atoms with Gasteiger partial charge in [-0.05, 0) is 45.8 Å². The molecule has 2 aliphatic rings. The second kappa shape index (κ2) is 5.15. The van der Waals surface area contributed by atoms with Crippen LogP contribution in [0.25, 0.3) is 0 Å². The lowest BCUT2D eigenvalue weighted by atomic mass is 9.94. The molecule has 0 aromatic rings. The molecule has 2 N–H and O–H groups in total. The number of nitrogens with zero attached hydrogens (tertiary/aromatic N) is 2. The zero-order valence-corrected chi connectivity index (χ0v) is 11.7. The average molecular weight is 255 g/mol. The maximum Gasteiger partial charge on any atom is 0.327 e. The second-order valence-electron chi connectivity index (χ2n) is 5.95. The number of esters is 1. The fourth-order valence-electron chi connectivity index (χ4n) is 2.90. The molecule has 1 aliphatic carbocycles. The molecule has 104 valence electrons. The highest BCUT2D eigenvalue weighted by atomic mass is 16.5. The lowest BCUT2D eigenvalue weighted by Gasteiger charge is -2.31. The van der Waals surface area contributed by atoms with Crippen LogP contribution in [0.15, 0.2) is 0 Å². The molecular weight excluding hydrogens is 230 g/mol. The molecule has 0 radical (unpaired) electrons. The van der Waals surface area contributed by atoms with Gasteiger partial charge in [0.15, 0.2) is 0 Å². The Kier molecular flexibility index (Phi) is 3.94. The third-order valence-corrected chi connectivity index (χ3v) is 4.33. The van der Waals surface area contributed by atoms with Crippen LogP contribution in [0, 0.1) is 5.92 Å². The lowest BCUT2D eigenvalue weighted by molar-refractivity contribution is -0.148. The van der Waals surface area contributed by atoms with Gasteiger partial charge >= 0.3 is 5.97 Å². The maximum atomic E-state index is 11.9. The summed E-state index contributed by atoms with van der Waals surface area (Å²) in [7, 11) is 5.63. The standard InChI is InChI=1S/C13H25N3O2/c1-15(2)11-6-7-16(8-11)9-13(14,10-4-5-10)12(17)18-3/h10-11H,4-9,14H2,1-3H3. The number of hydrogen-bond acceptors (Lipinski definition) is 5. The van der Waals surface area contributed by atoms with Crippen molar-refractivity contribution in [3.63, 3.8) is 0 Å². The zero-order valence-electron chi connectivity index (χ0n) is 11.7. The minimum atomic E-state index is -0.796. The van der Waals surface area contributed by atoms with Crippen LogP contribution in [0.5, 0.6) is 0 Å². The first-order valence-corrected chi connectivity index (χ1v) is 6.73. The zero-order chi connectivity index (χ0) is 13.3. The molecule has 18 heavy (non-hydrogen) atoms. The van der Waals surface area contributed by atoms with Crippen LogP contribution in [0.3, 0.4) is 0 Å². The van der Waals surface area contributed by atoms with Crippen LogP contribution in [-0.4, -0.2) is 68.2 Å². The van der Waals surface area contributed by atoms with E-state index in [4.69, 9.17) is 10.5 Å². The molecule has 0 bridgehead atoms. The van der Waals surface area contributed by atoms with E-state index >= 15 is 0 Å². The summed E-state index contributed by atoms with van der Waals surface area (Å²) in [5.74, 6) is 0.0571. The Morgan fingerprint density at radius 2 is 2.11 bits per heavy atom. The maximum absolute atomic E-state index is 11.9. The molecule has 1 saturated carbocycles. The summed E-state index contributed by atoms with van der Waals surface area (Å²) in [6.07, 6.45) is 3.25. The van der Waals surface area contributed by atoms with Crippen molar-refractivity contribution >= 4 is 5.97 Å². The number of carbonyl (C=O) groups is 1. The van der Waals surface area contributed by atoms with E-state index in [9.17, 15) is 4.79 Å². The number of likely N-dealkylation sites (tertiary alicyclic amines) is 1. The van der Waals surface area contributed by atoms with Crippen LogP contribution in [0.2, 0.25) is 0 Å². The Morgan fingerprint density at radius 1 is 1.44 bits per heavy atom. The van der Waals surface area contributed by atoms with E-state index in [0.29, 0.717) is 18.5 Å². The highest BCUT2D eigenvalue weighted by Gasteiger charge is 2.50. The minimum absolute atomic E-state index is 0.252. The Morgan fingerprint density at radius 3 is 2.56 bits per heavy atom. The number of ether oxygens (including phenoxy) is 1. The van der Waals surface area contributed by atoms with Gasteiger partial charge in [-0.3, -0.25) is 9.69 Å². The number of nitrogens with two attached hydrogens (primary N) is 1. The SMILES string of the molecule is COC(=O)C(N)(CN1CCC(N(C)C)C1)C1CC1. The highest BCUT2D eigenvalue weighted by molar-refractivity contribution is 5.81. The molecule has 0 spiro atoms. The van der Waals surface area contributed by atoms with Crippen molar-refractivity contribution in [2.45, 2.75) is 30.8 Å². The van der Waals surface area contributed by atoms with Crippen LogP contribution < -0.4 is 5.73 Å². The predicted molar refractivity (Wildman–Crippen MR) is 70.2 cm³/mol. The van der Waals surface area contributed by atoms with Crippen molar-refractivity contribution in [3.05, 3.63) is 0 Å². The normalized spacial score (nSPS) is 28.4. The summed E-state index contributed by atoms with van der Waals surface area (Å²) in [4.78, 5) is 16.5. The van der Waals surface area contributed by atoms with Crippen molar-refractivity contribution in [1.82, 2.24) is 9.80 Å². The van der Waals surface area contributed by atoms with Crippen molar-refractivity contribution in [2.75, 3.05) is 40.8 Å². The number of likely N-dealkylation sites (N-methyl/N-ethyl adjacent to an activating group) is 1. The van der Waals surface area contributed by atoms with Gasteiger partial charge < -0.3 is 15.4 Å². The minimum Gasteiger partial charge on any atom is -0.468 e. The molecule has 5 heteroatoms. The lowest BCUT2D eigenvalue weighted by Crippen LogP contribution is -2.58. The molecule has 1 aliphatic heterocycles. The van der Waals surface area contributed by atoms with Gasteiger partial charge in [0.25, 0.3) is 0 Å². The first-order chi connectivity index (χ1) is 8.47. The van der Waals surface area contributed by atoms with E-state index in [1.165, 1.54) is 7.11 Å². The van der Waals surface area contributed by atoms with Crippen LogP contribution in [-0.2, 0) is 9.53 Å². The summed E-state index contributed by atoms with van der Waals surface area (Å²) in [5.41, 5.74) is 5.53. The van der Waals surface area contributed by atoms with E-state index in [0.717, 1.165) is 32.4 Å². The molecule has 2 atom stereocenters. The first-order valence-electron chi connectivity index (χ1n) is 6.73. The summed E-state index contributed by atoms with van der Waals surface area (Å²) in [6.45, 7) is 2.65. The smallest absolute Gasteiger partial charge is 0.327 e. The fourth-order valence-corrected chi connectivity index (χ4v) is 2.90. The predicted octanol–water partition coefficient (Wildman–Crippen LogP) is -0.0972. The Bertz CT molecular complexity index is 317. The Balaban J connectivity index is 1.96. The van der Waals surface area contributed by atoms with Crippen molar-refractivity contribution in [3.8, 4) is 0 Å². The van der Waals surface area contributed by atoms with Gasteiger partial charge in [-0.1, -0.05) is 0 Å². The van der Waals surface area contributed by atoms with Gasteiger partial charge in [-0.25, -0.2) is 0 Å². The Hall–Kier alpha value is -0.650. The molecule has 2 unspecified atom stereocenters. The molecule has 5 nitrogen and oxygen atoms in total. The second-order valence-corrected chi connectivity index (χ2v) is 5.95. The monoisotopic (exact) mass is 255 g/mol. The van der Waals surface area contributed by atoms with Crippen molar-refractivity contribution in [2.24, 2.45) is 11.7 Å². The van der Waals surface area contributed by atoms with Gasteiger partial charge in [0.1, 0.15) is 5.54 Å². The van der Waals surface area contributed by atoms with Crippen molar-refractivity contribution < 1.29 is 9.53 Å². The van der Waals surface area contributed by atoms with Gasteiger partial charge in [0.05, 0.1) is 7.11 Å². The summed E-state index contributed by atoms with van der Waals surface area (Å²) in [5, 5.41) is 0. The molecular formula is C13H25N3O2. The summed E-state index contributed by atoms with van der Waals surface area (Å²) >= 11 is 0. The van der Waals surface area contributed by atoms with E-state index in [2.05, 4.69) is 23.9 Å². The quantitative estimate of drug-likeness (QED) is 0.695. The van der Waals surface area contributed by atoms with E-state index < -0.39 is 5.54 Å². The van der Waals surface area contributed by atoms with Gasteiger partial charge in [0.2, 0.25) is 0 Å². The van der Waals surface area contributed by atoms with Crippen LogP contribution in [0.4, 0.5) is 0 Å². The van der Waals surface area contributed by atoms with Gasteiger partial charge in [0, 0.05) is 19.1 Å². The van der Waals surface area contributed by atoms with Crippen LogP contribution in [0.1, 0.15) is 19.3 Å². The molecule has 1 heterocycles. The topological polar surface area (TPSA) is 58.8 Å². The fraction of sp³-hybridized carbons (Fsp3) is 0.923. The van der Waals surface area contributed by atoms with E-state index in [-0.39, 0.29) is 5.97 Å². The molecule has 0 aromatic carbocycles. The number of hydrogen-bond donors (Lipinski definition) is 1. The average Bonchev–Trinajstić information content (AvgIpc) is 3.09. The van der Waals surface area contributed by atoms with Crippen LogP contribution >= 0.6 is 0 Å². The first kappa shape index (κ1) is 13.8. The summed E-state index contributed by atoms with van der Waals surface area (Å²) in [6, 6.07) is 0.575. The number of rotatable bonds is 5. The van der Waals surface area contributed by atoms with Gasteiger partial charge in [-0.15, -0.1) is 0 Å². The highest BCUT2D eigenvalue weighted by Crippen LogP contribution is 2.39. The third kappa shape index (κ3) is 2.68.